The minimum Gasteiger partial charge on any atom is -0.349 e. The van der Waals surface area contributed by atoms with Crippen molar-refractivity contribution in [3.8, 4) is 5.82 Å². The van der Waals surface area contributed by atoms with Crippen LogP contribution in [0.2, 0.25) is 5.02 Å². The van der Waals surface area contributed by atoms with Gasteiger partial charge in [0.25, 0.3) is 11.8 Å². The predicted octanol–water partition coefficient (Wildman–Crippen LogP) is 4.76. The third-order valence-electron chi connectivity index (χ3n) is 5.66. The van der Waals surface area contributed by atoms with Crippen LogP contribution < -0.4 is 10.6 Å². The van der Waals surface area contributed by atoms with Gasteiger partial charge in [0.15, 0.2) is 11.5 Å². The van der Waals surface area contributed by atoms with Crippen LogP contribution >= 0.6 is 23.4 Å². The molecule has 0 saturated carbocycles. The van der Waals surface area contributed by atoms with Gasteiger partial charge in [-0.15, -0.1) is 5.10 Å². The number of thioether (sulfide) groups is 1. The average molecular weight is 611 g/mol. The molecule has 10 nitrogen and oxygen atoms in total. The fourth-order valence-corrected chi connectivity index (χ4v) is 4.68. The number of rotatable bonds is 9. The lowest BCUT2D eigenvalue weighted by molar-refractivity contribution is -0.141. The van der Waals surface area contributed by atoms with E-state index in [0.717, 1.165) is 15.4 Å². The molecule has 1 aromatic carbocycles. The first-order valence-corrected chi connectivity index (χ1v) is 13.7. The Morgan fingerprint density at radius 2 is 1.95 bits per heavy atom. The molecule has 0 fully saturated rings. The number of nitrogens with one attached hydrogen (secondary N) is 2. The molecule has 0 aliphatic heterocycles. The van der Waals surface area contributed by atoms with Gasteiger partial charge in [0.05, 0.1) is 34.7 Å². The van der Waals surface area contributed by atoms with Gasteiger partial charge >= 0.3 is 6.18 Å². The van der Waals surface area contributed by atoms with Crippen LogP contribution in [0.5, 0.6) is 0 Å². The van der Waals surface area contributed by atoms with Crippen LogP contribution in [0.4, 0.5) is 23.2 Å². The van der Waals surface area contributed by atoms with Crippen molar-refractivity contribution in [3.63, 3.8) is 0 Å². The maximum Gasteiger partial charge on any atom is 0.436 e. The van der Waals surface area contributed by atoms with E-state index in [2.05, 4.69) is 31.0 Å². The number of carbonyl (C=O) groups excluding carboxylic acids is 2. The van der Waals surface area contributed by atoms with Gasteiger partial charge in [-0.1, -0.05) is 16.8 Å². The summed E-state index contributed by atoms with van der Waals surface area (Å²) >= 11 is 7.82. The van der Waals surface area contributed by atoms with E-state index in [1.54, 1.807) is 13.0 Å². The van der Waals surface area contributed by atoms with Gasteiger partial charge in [-0.05, 0) is 56.0 Å². The number of hydrogen-bond acceptors (Lipinski definition) is 7. The summed E-state index contributed by atoms with van der Waals surface area (Å²) in [6.07, 6.45) is -0.685. The Balaban J connectivity index is 1.71. The number of amides is 2. The van der Waals surface area contributed by atoms with Crippen LogP contribution in [0, 0.1) is 12.7 Å². The molecule has 0 aliphatic carbocycles. The number of halogens is 5. The number of aryl methyl sites for hydroxylation is 1. The van der Waals surface area contributed by atoms with Crippen LogP contribution in [0.3, 0.4) is 0 Å². The molecule has 16 heteroatoms. The van der Waals surface area contributed by atoms with Crippen molar-refractivity contribution in [1.82, 2.24) is 35.1 Å². The highest BCUT2D eigenvalue weighted by Crippen LogP contribution is 2.28. The lowest BCUT2D eigenvalue weighted by atomic mass is 10.1. The second-order valence-corrected chi connectivity index (χ2v) is 10.3. The monoisotopic (exact) mass is 610 g/mol. The zero-order chi connectivity index (χ0) is 29.9. The normalized spacial score (nSPS) is 12.3. The number of hydrogen-bond donors (Lipinski definition) is 2. The Labute approximate surface area is 240 Å². The molecular formula is C25H23ClF4N8O2S. The molecule has 1 atom stereocenters. The molecule has 4 rings (SSSR count). The highest BCUT2D eigenvalue weighted by Gasteiger charge is 2.34. The van der Waals surface area contributed by atoms with E-state index in [1.807, 2.05) is 6.26 Å². The molecular weight excluding hydrogens is 588 g/mol. The van der Waals surface area contributed by atoms with Crippen LogP contribution in [-0.2, 0) is 12.7 Å². The zero-order valence-electron chi connectivity index (χ0n) is 21.8. The van der Waals surface area contributed by atoms with E-state index >= 15 is 0 Å². The second-order valence-electron chi connectivity index (χ2n) is 8.97. The smallest absolute Gasteiger partial charge is 0.349 e. The van der Waals surface area contributed by atoms with E-state index in [9.17, 15) is 27.2 Å². The van der Waals surface area contributed by atoms with Crippen molar-refractivity contribution in [1.29, 1.82) is 0 Å². The van der Waals surface area contributed by atoms with Crippen molar-refractivity contribution in [2.45, 2.75) is 32.6 Å². The summed E-state index contributed by atoms with van der Waals surface area (Å²) in [4.78, 5) is 30.8. The fourth-order valence-electron chi connectivity index (χ4n) is 3.89. The molecule has 0 aliphatic rings. The third-order valence-corrected chi connectivity index (χ3v) is 6.79. The van der Waals surface area contributed by atoms with Gasteiger partial charge in [-0.2, -0.15) is 30.0 Å². The molecule has 2 N–H and O–H groups in total. The van der Waals surface area contributed by atoms with E-state index in [0.29, 0.717) is 11.9 Å². The topological polar surface area (TPSA) is 120 Å². The van der Waals surface area contributed by atoms with Crippen molar-refractivity contribution in [3.05, 3.63) is 81.8 Å². The number of nitrogens with zero attached hydrogens (tertiary/aromatic N) is 6. The highest BCUT2D eigenvalue weighted by atomic mass is 35.5. The number of pyridine rings is 1. The Hall–Kier alpha value is -3.98. The molecule has 0 saturated heterocycles. The number of carbonyl (C=O) groups is 2. The predicted molar refractivity (Wildman–Crippen MR) is 145 cm³/mol. The van der Waals surface area contributed by atoms with E-state index < -0.39 is 29.5 Å². The molecule has 0 bridgehead atoms. The first-order valence-electron chi connectivity index (χ1n) is 12.0. The van der Waals surface area contributed by atoms with Gasteiger partial charge in [0.1, 0.15) is 11.5 Å². The minimum atomic E-state index is -4.69. The number of alkyl halides is 3. The van der Waals surface area contributed by atoms with Crippen LogP contribution in [0.1, 0.15) is 44.7 Å². The minimum absolute atomic E-state index is 0.0674. The van der Waals surface area contributed by atoms with Crippen LogP contribution in [0.15, 0.2) is 42.7 Å². The first kappa shape index (κ1) is 30.0. The molecule has 0 unspecified atom stereocenters. The SMILES string of the molecule is CSC[C@H](C)NC(=O)c1cc(F)cc(C)c1NC(=O)c1cc(Cn2cc(C(F)(F)F)nn2)nn1-c1ncccc1Cl. The fraction of sp³-hybridized carbons (Fsp3) is 0.280. The third kappa shape index (κ3) is 7.03. The van der Waals surface area contributed by atoms with Gasteiger partial charge < -0.3 is 10.6 Å². The van der Waals surface area contributed by atoms with Gasteiger partial charge in [0.2, 0.25) is 0 Å². The number of benzene rings is 1. The molecule has 4 aromatic rings. The van der Waals surface area contributed by atoms with Gasteiger partial charge in [-0.25, -0.2) is 18.7 Å². The molecule has 216 valence electrons. The Bertz CT molecular complexity index is 1590. The molecule has 0 radical (unpaired) electrons. The summed E-state index contributed by atoms with van der Waals surface area (Å²) in [7, 11) is 0. The van der Waals surface area contributed by atoms with Crippen molar-refractivity contribution < 1.29 is 27.2 Å². The number of anilines is 1. The Morgan fingerprint density at radius 3 is 2.61 bits per heavy atom. The van der Waals surface area contributed by atoms with E-state index in [4.69, 9.17) is 11.6 Å². The summed E-state index contributed by atoms with van der Waals surface area (Å²) in [6, 6.07) is 6.35. The Kier molecular flexibility index (Phi) is 8.97. The summed E-state index contributed by atoms with van der Waals surface area (Å²) in [5.74, 6) is -1.33. The molecule has 3 aromatic heterocycles. The summed E-state index contributed by atoms with van der Waals surface area (Å²) in [5, 5.41) is 16.5. The summed E-state index contributed by atoms with van der Waals surface area (Å²) < 4.78 is 55.3. The second kappa shape index (κ2) is 12.3. The summed E-state index contributed by atoms with van der Waals surface area (Å²) in [5.41, 5.74) is -0.902. The van der Waals surface area contributed by atoms with Crippen LogP contribution in [0.25, 0.3) is 5.82 Å². The summed E-state index contributed by atoms with van der Waals surface area (Å²) in [6.45, 7) is 3.06. The largest absolute Gasteiger partial charge is 0.436 e. The number of aromatic nitrogens is 6. The molecule has 3 heterocycles. The maximum atomic E-state index is 14.3. The van der Waals surface area contributed by atoms with Gasteiger partial charge in [-0.3, -0.25) is 9.59 Å². The standard InChI is InChI=1S/C25H23ClF4N8O2S/c1-13-7-15(27)8-17(23(39)32-14(2)12-41-3)21(13)33-24(40)19-9-16(10-37-11-20(34-36-37)25(28,29)30)35-38(19)22-18(26)5-4-6-31-22/h4-9,11,14H,10,12H2,1-3H3,(H,32,39)(H,33,40)/t14-/m0/s1. The Morgan fingerprint density at radius 1 is 1.20 bits per heavy atom. The highest BCUT2D eigenvalue weighted by molar-refractivity contribution is 7.98. The van der Waals surface area contributed by atoms with E-state index in [-0.39, 0.29) is 51.6 Å². The van der Waals surface area contributed by atoms with E-state index in [1.165, 1.54) is 43.1 Å². The molecule has 41 heavy (non-hydrogen) atoms. The zero-order valence-corrected chi connectivity index (χ0v) is 23.4. The van der Waals surface area contributed by atoms with Crippen molar-refractivity contribution in [2.24, 2.45) is 0 Å². The average Bonchev–Trinajstić information content (AvgIpc) is 3.53. The molecule has 2 amide bonds. The van der Waals surface area contributed by atoms with Crippen molar-refractivity contribution in [2.75, 3.05) is 17.3 Å². The lowest BCUT2D eigenvalue weighted by Gasteiger charge is -2.17. The van der Waals surface area contributed by atoms with Crippen LogP contribution in [-0.4, -0.2) is 59.6 Å². The van der Waals surface area contributed by atoms with Gasteiger partial charge in [0, 0.05) is 18.0 Å². The molecule has 0 spiro atoms. The lowest BCUT2D eigenvalue weighted by Crippen LogP contribution is -2.35. The first-order chi connectivity index (χ1) is 19.4. The maximum absolute atomic E-state index is 14.3. The quantitative estimate of drug-likeness (QED) is 0.262. The van der Waals surface area contributed by atoms with Crippen molar-refractivity contribution >= 4 is 40.9 Å².